The summed E-state index contributed by atoms with van der Waals surface area (Å²) in [4.78, 5) is 12.0. The highest BCUT2D eigenvalue weighted by atomic mass is 32.2. The molecule has 0 aromatic heterocycles. The first-order valence-corrected chi connectivity index (χ1v) is 9.54. The monoisotopic (exact) mass is 359 g/mol. The Kier molecular flexibility index (Phi) is 8.19. The molecule has 0 aliphatic rings. The molecule has 2 rings (SSSR count). The topological polar surface area (TPSA) is 47.6 Å². The van der Waals surface area contributed by atoms with E-state index in [1.807, 2.05) is 48.5 Å². The molecular weight excluding hydrogens is 334 g/mol. The Morgan fingerprint density at radius 3 is 2.60 bits per heavy atom. The molecule has 2 aromatic rings. The van der Waals surface area contributed by atoms with E-state index in [2.05, 4.69) is 12.2 Å². The van der Waals surface area contributed by atoms with Gasteiger partial charge in [0.25, 0.3) is 0 Å². The van der Waals surface area contributed by atoms with Crippen LogP contribution in [0.25, 0.3) is 0 Å². The number of amides is 1. The molecule has 2 aromatic carbocycles. The van der Waals surface area contributed by atoms with E-state index in [1.54, 1.807) is 18.9 Å². The normalized spacial score (nSPS) is 10.3. The maximum Gasteiger partial charge on any atom is 0.234 e. The molecule has 0 atom stereocenters. The number of benzene rings is 2. The first kappa shape index (κ1) is 19.2. The average molecular weight is 359 g/mol. The van der Waals surface area contributed by atoms with Crippen LogP contribution >= 0.6 is 11.8 Å². The van der Waals surface area contributed by atoms with Gasteiger partial charge >= 0.3 is 0 Å². The molecule has 0 saturated carbocycles. The molecule has 1 amide bonds. The third kappa shape index (κ3) is 7.10. The number of ether oxygens (including phenoxy) is 2. The highest BCUT2D eigenvalue weighted by Gasteiger charge is 2.06. The molecule has 0 fully saturated rings. The van der Waals surface area contributed by atoms with Crippen molar-refractivity contribution in [3.05, 3.63) is 54.1 Å². The quantitative estimate of drug-likeness (QED) is 0.633. The molecule has 5 heteroatoms. The molecule has 0 heterocycles. The third-order valence-corrected chi connectivity index (χ3v) is 4.63. The van der Waals surface area contributed by atoms with Crippen molar-refractivity contribution < 1.29 is 14.3 Å². The molecule has 0 spiro atoms. The minimum Gasteiger partial charge on any atom is -0.495 e. The van der Waals surface area contributed by atoms with E-state index in [9.17, 15) is 4.79 Å². The first-order valence-electron chi connectivity index (χ1n) is 8.39. The van der Waals surface area contributed by atoms with Crippen molar-refractivity contribution in [3.63, 3.8) is 0 Å². The molecule has 134 valence electrons. The van der Waals surface area contributed by atoms with Crippen LogP contribution in [-0.4, -0.2) is 31.1 Å². The summed E-state index contributed by atoms with van der Waals surface area (Å²) in [6.07, 6.45) is 2.01. The van der Waals surface area contributed by atoms with Crippen molar-refractivity contribution in [2.45, 2.75) is 19.8 Å². The summed E-state index contributed by atoms with van der Waals surface area (Å²) < 4.78 is 10.9. The highest BCUT2D eigenvalue weighted by molar-refractivity contribution is 7.99. The number of para-hydroxylation sites is 2. The zero-order valence-electron chi connectivity index (χ0n) is 14.8. The summed E-state index contributed by atoms with van der Waals surface area (Å²) in [7, 11) is 1.60. The zero-order chi connectivity index (χ0) is 17.9. The predicted molar refractivity (Wildman–Crippen MR) is 105 cm³/mol. The van der Waals surface area contributed by atoms with E-state index in [0.717, 1.165) is 24.3 Å². The molecule has 0 radical (unpaired) electrons. The summed E-state index contributed by atoms with van der Waals surface area (Å²) in [5, 5.41) is 2.88. The van der Waals surface area contributed by atoms with E-state index >= 15 is 0 Å². The Labute approximate surface area is 153 Å². The van der Waals surface area contributed by atoms with Gasteiger partial charge in [-0.25, -0.2) is 0 Å². The zero-order valence-corrected chi connectivity index (χ0v) is 15.6. The Morgan fingerprint density at radius 2 is 1.84 bits per heavy atom. The number of aryl methyl sites for hydroxylation is 1. The lowest BCUT2D eigenvalue weighted by atomic mass is 10.2. The Morgan fingerprint density at radius 1 is 1.08 bits per heavy atom. The van der Waals surface area contributed by atoms with Crippen LogP contribution in [0.1, 0.15) is 18.4 Å². The molecule has 4 nitrogen and oxygen atoms in total. The Bertz CT molecular complexity index is 658. The van der Waals surface area contributed by atoms with Gasteiger partial charge < -0.3 is 14.8 Å². The fourth-order valence-corrected chi connectivity index (χ4v) is 3.04. The number of unbranched alkanes of at least 4 members (excludes halogenated alkanes) is 1. The summed E-state index contributed by atoms with van der Waals surface area (Å²) in [5.41, 5.74) is 1.94. The summed E-state index contributed by atoms with van der Waals surface area (Å²) in [5.74, 6) is 2.96. The van der Waals surface area contributed by atoms with Crippen LogP contribution in [0.4, 0.5) is 5.69 Å². The second-order valence-electron chi connectivity index (χ2n) is 5.67. The molecule has 0 aliphatic heterocycles. The molecule has 0 unspecified atom stereocenters. The van der Waals surface area contributed by atoms with Crippen molar-refractivity contribution >= 4 is 23.4 Å². The van der Waals surface area contributed by atoms with E-state index in [4.69, 9.17) is 9.47 Å². The standard InChI is InChI=1S/C20H25NO3S/c1-16-9-11-17(12-10-16)24-13-5-6-14-25-15-20(22)21-18-7-3-4-8-19(18)23-2/h3-4,7-12H,5-6,13-15H2,1-2H3,(H,21,22). The smallest absolute Gasteiger partial charge is 0.234 e. The number of anilines is 1. The second kappa shape index (κ2) is 10.7. The molecule has 1 N–H and O–H groups in total. The maximum absolute atomic E-state index is 12.0. The molecule has 0 saturated heterocycles. The van der Waals surface area contributed by atoms with E-state index in [-0.39, 0.29) is 5.91 Å². The maximum atomic E-state index is 12.0. The van der Waals surface area contributed by atoms with E-state index in [0.29, 0.717) is 23.8 Å². The van der Waals surface area contributed by atoms with Gasteiger partial charge in [-0.05, 0) is 49.8 Å². The SMILES string of the molecule is COc1ccccc1NC(=O)CSCCCCOc1ccc(C)cc1. The van der Waals surface area contributed by atoms with Gasteiger partial charge in [-0.1, -0.05) is 29.8 Å². The number of carbonyl (C=O) groups excluding carboxylic acids is 1. The van der Waals surface area contributed by atoms with Crippen molar-refractivity contribution in [2.75, 3.05) is 30.5 Å². The summed E-state index contributed by atoms with van der Waals surface area (Å²) in [6, 6.07) is 15.5. The van der Waals surface area contributed by atoms with Crippen molar-refractivity contribution in [1.29, 1.82) is 0 Å². The Balaban J connectivity index is 1.55. The summed E-state index contributed by atoms with van der Waals surface area (Å²) >= 11 is 1.63. The minimum absolute atomic E-state index is 0.00888. The van der Waals surface area contributed by atoms with Crippen LogP contribution in [0.15, 0.2) is 48.5 Å². The summed E-state index contributed by atoms with van der Waals surface area (Å²) in [6.45, 7) is 2.77. The van der Waals surface area contributed by atoms with Gasteiger partial charge in [0.1, 0.15) is 11.5 Å². The predicted octanol–water partition coefficient (Wildman–Crippen LogP) is 4.53. The second-order valence-corrected chi connectivity index (χ2v) is 6.77. The minimum atomic E-state index is -0.00888. The van der Waals surface area contributed by atoms with Crippen LogP contribution in [0.2, 0.25) is 0 Å². The van der Waals surface area contributed by atoms with Gasteiger partial charge in [0.05, 0.1) is 25.2 Å². The van der Waals surface area contributed by atoms with Crippen molar-refractivity contribution in [1.82, 2.24) is 0 Å². The van der Waals surface area contributed by atoms with Gasteiger partial charge in [-0.2, -0.15) is 11.8 Å². The lowest BCUT2D eigenvalue weighted by molar-refractivity contribution is -0.113. The molecule has 0 bridgehead atoms. The lowest BCUT2D eigenvalue weighted by Gasteiger charge is -2.09. The first-order chi connectivity index (χ1) is 12.2. The van der Waals surface area contributed by atoms with Gasteiger partial charge in [0.2, 0.25) is 5.91 Å². The largest absolute Gasteiger partial charge is 0.495 e. The number of methoxy groups -OCH3 is 1. The van der Waals surface area contributed by atoms with Gasteiger partial charge in [0, 0.05) is 0 Å². The third-order valence-electron chi connectivity index (χ3n) is 3.59. The number of hydrogen-bond donors (Lipinski definition) is 1. The highest BCUT2D eigenvalue weighted by Crippen LogP contribution is 2.23. The van der Waals surface area contributed by atoms with Crippen LogP contribution in [-0.2, 0) is 4.79 Å². The fraction of sp³-hybridized carbons (Fsp3) is 0.350. The van der Waals surface area contributed by atoms with Gasteiger partial charge in [-0.15, -0.1) is 0 Å². The van der Waals surface area contributed by atoms with Crippen LogP contribution in [0.3, 0.4) is 0 Å². The average Bonchev–Trinajstić information content (AvgIpc) is 2.63. The van der Waals surface area contributed by atoms with E-state index < -0.39 is 0 Å². The van der Waals surface area contributed by atoms with E-state index in [1.165, 1.54) is 5.56 Å². The molecule has 25 heavy (non-hydrogen) atoms. The van der Waals surface area contributed by atoms with Crippen LogP contribution in [0, 0.1) is 6.92 Å². The van der Waals surface area contributed by atoms with Crippen molar-refractivity contribution in [2.24, 2.45) is 0 Å². The fourth-order valence-electron chi connectivity index (χ4n) is 2.23. The van der Waals surface area contributed by atoms with Crippen LogP contribution < -0.4 is 14.8 Å². The van der Waals surface area contributed by atoms with Gasteiger partial charge in [0.15, 0.2) is 0 Å². The number of nitrogens with one attached hydrogen (secondary N) is 1. The van der Waals surface area contributed by atoms with Gasteiger partial charge in [-0.3, -0.25) is 4.79 Å². The number of hydrogen-bond acceptors (Lipinski definition) is 4. The Hall–Kier alpha value is -2.14. The van der Waals surface area contributed by atoms with Crippen molar-refractivity contribution in [3.8, 4) is 11.5 Å². The van der Waals surface area contributed by atoms with Crippen LogP contribution in [0.5, 0.6) is 11.5 Å². The lowest BCUT2D eigenvalue weighted by Crippen LogP contribution is -2.15. The number of thioether (sulfide) groups is 1. The molecule has 0 aliphatic carbocycles. The molecular formula is C20H25NO3S. The number of rotatable bonds is 10. The number of carbonyl (C=O) groups is 1.